The summed E-state index contributed by atoms with van der Waals surface area (Å²) in [5, 5.41) is 0. The first-order chi connectivity index (χ1) is 11.0. The molecule has 1 heterocycles. The van der Waals surface area contributed by atoms with Crippen molar-refractivity contribution in [2.75, 3.05) is 11.4 Å². The van der Waals surface area contributed by atoms with E-state index in [4.69, 9.17) is 15.4 Å². The number of halogens is 1. The zero-order chi connectivity index (χ0) is 16.4. The van der Waals surface area contributed by atoms with Crippen molar-refractivity contribution in [1.82, 2.24) is 0 Å². The van der Waals surface area contributed by atoms with Gasteiger partial charge in [-0.05, 0) is 29.7 Å². The molecule has 7 heteroatoms. The molecule has 0 spiro atoms. The first-order valence-electron chi connectivity index (χ1n) is 7.01. The van der Waals surface area contributed by atoms with E-state index in [1.807, 2.05) is 30.3 Å². The maximum Gasteiger partial charge on any atom is 0.414 e. The van der Waals surface area contributed by atoms with Gasteiger partial charge in [-0.15, -0.1) is 0 Å². The lowest BCUT2D eigenvalue weighted by atomic mass is 10.2. The average molecular weight is 352 g/mol. The van der Waals surface area contributed by atoms with Gasteiger partial charge in [0.05, 0.1) is 10.6 Å². The van der Waals surface area contributed by atoms with Gasteiger partial charge in [-0.25, -0.2) is 13.2 Å². The highest BCUT2D eigenvalue weighted by atomic mass is 35.7. The second kappa shape index (κ2) is 6.22. The summed E-state index contributed by atoms with van der Waals surface area (Å²) in [6.45, 7) is 0.533. The minimum Gasteiger partial charge on any atom is -0.444 e. The van der Waals surface area contributed by atoms with Crippen molar-refractivity contribution in [3.8, 4) is 0 Å². The minimum atomic E-state index is -3.84. The van der Waals surface area contributed by atoms with E-state index in [9.17, 15) is 13.2 Å². The van der Waals surface area contributed by atoms with Crippen LogP contribution in [0.5, 0.6) is 0 Å². The smallest absolute Gasteiger partial charge is 0.414 e. The van der Waals surface area contributed by atoms with Crippen molar-refractivity contribution in [3.05, 3.63) is 59.7 Å². The highest BCUT2D eigenvalue weighted by Gasteiger charge is 2.30. The SMILES string of the molecule is O=C(OCc1ccccc1)N1CCc2c1cccc2S(=O)(=O)Cl. The second-order valence-corrected chi connectivity index (χ2v) is 7.67. The number of nitrogens with zero attached hydrogens (tertiary/aromatic N) is 1. The van der Waals surface area contributed by atoms with Crippen LogP contribution in [0.3, 0.4) is 0 Å². The maximum atomic E-state index is 12.3. The van der Waals surface area contributed by atoms with E-state index in [1.54, 1.807) is 12.1 Å². The van der Waals surface area contributed by atoms with Crippen LogP contribution in [0.1, 0.15) is 11.1 Å². The second-order valence-electron chi connectivity index (χ2n) is 5.13. The van der Waals surface area contributed by atoms with Crippen LogP contribution in [0.4, 0.5) is 10.5 Å². The summed E-state index contributed by atoms with van der Waals surface area (Å²) in [5.74, 6) is 0. The summed E-state index contributed by atoms with van der Waals surface area (Å²) in [4.78, 5) is 13.7. The molecule has 0 saturated carbocycles. The number of ether oxygens (including phenoxy) is 1. The molecule has 0 unspecified atom stereocenters. The normalized spacial score (nSPS) is 13.7. The van der Waals surface area contributed by atoms with Crippen LogP contribution < -0.4 is 4.90 Å². The standard InChI is InChI=1S/C16H14ClNO4S/c17-23(20,21)15-8-4-7-14-13(15)9-10-18(14)16(19)22-11-12-5-2-1-3-6-12/h1-8H,9-11H2. The number of carbonyl (C=O) groups excluding carboxylic acids is 1. The van der Waals surface area contributed by atoms with Gasteiger partial charge in [0.2, 0.25) is 0 Å². The van der Waals surface area contributed by atoms with Gasteiger partial charge in [0.1, 0.15) is 6.61 Å². The van der Waals surface area contributed by atoms with E-state index >= 15 is 0 Å². The molecule has 23 heavy (non-hydrogen) atoms. The van der Waals surface area contributed by atoms with Crippen molar-refractivity contribution >= 4 is 31.5 Å². The fraction of sp³-hybridized carbons (Fsp3) is 0.188. The van der Waals surface area contributed by atoms with Gasteiger partial charge in [0.15, 0.2) is 0 Å². The van der Waals surface area contributed by atoms with E-state index in [-0.39, 0.29) is 11.5 Å². The van der Waals surface area contributed by atoms with Gasteiger partial charge in [-0.3, -0.25) is 4.90 Å². The molecule has 0 aromatic heterocycles. The highest BCUT2D eigenvalue weighted by Crippen LogP contribution is 2.34. The largest absolute Gasteiger partial charge is 0.444 e. The van der Waals surface area contributed by atoms with Crippen molar-refractivity contribution in [3.63, 3.8) is 0 Å². The third-order valence-electron chi connectivity index (χ3n) is 3.67. The monoisotopic (exact) mass is 351 g/mol. The fourth-order valence-electron chi connectivity index (χ4n) is 2.62. The van der Waals surface area contributed by atoms with E-state index < -0.39 is 15.1 Å². The third-order valence-corrected chi connectivity index (χ3v) is 5.08. The Kier molecular flexibility index (Phi) is 4.28. The fourth-order valence-corrected chi connectivity index (χ4v) is 3.79. The molecular formula is C16H14ClNO4S. The molecule has 3 rings (SSSR count). The van der Waals surface area contributed by atoms with Crippen LogP contribution in [0.2, 0.25) is 0 Å². The number of rotatable bonds is 3. The Hall–Kier alpha value is -2.05. The van der Waals surface area contributed by atoms with Gasteiger partial charge >= 0.3 is 6.09 Å². The molecule has 0 radical (unpaired) electrons. The number of carbonyl (C=O) groups is 1. The number of fused-ring (bicyclic) bond motifs is 1. The Morgan fingerprint density at radius 3 is 2.57 bits per heavy atom. The van der Waals surface area contributed by atoms with Crippen molar-refractivity contribution < 1.29 is 17.9 Å². The number of hydrogen-bond donors (Lipinski definition) is 0. The Balaban J connectivity index is 1.79. The Bertz CT molecular complexity index is 836. The quantitative estimate of drug-likeness (QED) is 0.796. The summed E-state index contributed by atoms with van der Waals surface area (Å²) in [5.41, 5.74) is 1.97. The summed E-state index contributed by atoms with van der Waals surface area (Å²) < 4.78 is 28.5. The van der Waals surface area contributed by atoms with Gasteiger partial charge < -0.3 is 4.74 Å². The van der Waals surface area contributed by atoms with Crippen LogP contribution in [0.15, 0.2) is 53.4 Å². The predicted molar refractivity (Wildman–Crippen MR) is 87.2 cm³/mol. The molecule has 2 aromatic rings. The average Bonchev–Trinajstić information content (AvgIpc) is 2.96. The molecular weight excluding hydrogens is 338 g/mol. The predicted octanol–water partition coefficient (Wildman–Crippen LogP) is 3.31. The van der Waals surface area contributed by atoms with E-state index in [2.05, 4.69) is 0 Å². The molecule has 0 N–H and O–H groups in total. The summed E-state index contributed by atoms with van der Waals surface area (Å²) in [6, 6.07) is 14.1. The lowest BCUT2D eigenvalue weighted by Gasteiger charge is -2.17. The highest BCUT2D eigenvalue weighted by molar-refractivity contribution is 8.13. The van der Waals surface area contributed by atoms with Crippen molar-refractivity contribution in [1.29, 1.82) is 0 Å². The van der Waals surface area contributed by atoms with Gasteiger partial charge in [-0.2, -0.15) is 0 Å². The Labute approximate surface area is 138 Å². The number of amides is 1. The minimum absolute atomic E-state index is 0.0510. The summed E-state index contributed by atoms with van der Waals surface area (Å²) in [6.07, 6.45) is -0.0746. The molecule has 0 saturated heterocycles. The number of anilines is 1. The molecule has 1 aliphatic heterocycles. The van der Waals surface area contributed by atoms with Crippen LogP contribution in [0.25, 0.3) is 0 Å². The van der Waals surface area contributed by atoms with Crippen LogP contribution in [-0.4, -0.2) is 21.1 Å². The Morgan fingerprint density at radius 1 is 1.13 bits per heavy atom. The lowest BCUT2D eigenvalue weighted by molar-refractivity contribution is 0.147. The van der Waals surface area contributed by atoms with Crippen molar-refractivity contribution in [2.24, 2.45) is 0 Å². The van der Waals surface area contributed by atoms with E-state index in [0.29, 0.717) is 24.2 Å². The molecule has 0 aliphatic carbocycles. The van der Waals surface area contributed by atoms with Gasteiger partial charge in [0.25, 0.3) is 9.05 Å². The summed E-state index contributed by atoms with van der Waals surface area (Å²) >= 11 is 0. The first kappa shape index (κ1) is 15.8. The molecule has 5 nitrogen and oxygen atoms in total. The van der Waals surface area contributed by atoms with Crippen LogP contribution in [0, 0.1) is 0 Å². The molecule has 0 fully saturated rings. The zero-order valence-corrected chi connectivity index (χ0v) is 13.7. The maximum absolute atomic E-state index is 12.3. The first-order valence-corrected chi connectivity index (χ1v) is 9.32. The molecule has 0 atom stereocenters. The van der Waals surface area contributed by atoms with E-state index in [1.165, 1.54) is 11.0 Å². The molecule has 1 amide bonds. The summed E-state index contributed by atoms with van der Waals surface area (Å²) in [7, 11) is 1.61. The topological polar surface area (TPSA) is 63.7 Å². The number of hydrogen-bond acceptors (Lipinski definition) is 4. The molecule has 120 valence electrons. The number of benzene rings is 2. The van der Waals surface area contributed by atoms with Crippen LogP contribution >= 0.6 is 10.7 Å². The molecule has 1 aliphatic rings. The van der Waals surface area contributed by atoms with Crippen LogP contribution in [-0.2, 0) is 26.8 Å². The van der Waals surface area contributed by atoms with Gasteiger partial charge in [0, 0.05) is 17.2 Å². The zero-order valence-electron chi connectivity index (χ0n) is 12.1. The Morgan fingerprint density at radius 2 is 1.87 bits per heavy atom. The lowest BCUT2D eigenvalue weighted by Crippen LogP contribution is -2.29. The molecule has 2 aromatic carbocycles. The van der Waals surface area contributed by atoms with Crippen molar-refractivity contribution in [2.45, 2.75) is 17.9 Å². The molecule has 0 bridgehead atoms. The van der Waals surface area contributed by atoms with Gasteiger partial charge in [-0.1, -0.05) is 36.4 Å². The van der Waals surface area contributed by atoms with E-state index in [0.717, 1.165) is 5.56 Å². The third kappa shape index (κ3) is 3.33.